The van der Waals surface area contributed by atoms with E-state index in [1.165, 1.54) is 0 Å². The quantitative estimate of drug-likeness (QED) is 0.806. The van der Waals surface area contributed by atoms with Crippen LogP contribution in [0.25, 0.3) is 11.3 Å². The Kier molecular flexibility index (Phi) is 2.29. The number of nitrogens with zero attached hydrogens (tertiary/aromatic N) is 2. The predicted octanol–water partition coefficient (Wildman–Crippen LogP) is 1.64. The smallest absolute Gasteiger partial charge is 0.196 e. The van der Waals surface area contributed by atoms with E-state index in [0.717, 1.165) is 16.9 Å². The molecule has 0 spiro atoms. The van der Waals surface area contributed by atoms with Gasteiger partial charge in [0.05, 0.1) is 7.11 Å². The Bertz CT molecular complexity index is 479. The number of benzene rings is 1. The van der Waals surface area contributed by atoms with E-state index < -0.39 is 0 Å². The van der Waals surface area contributed by atoms with Crippen LogP contribution in [0.2, 0.25) is 0 Å². The van der Waals surface area contributed by atoms with Crippen LogP contribution < -0.4 is 10.5 Å². The first-order valence-electron chi connectivity index (χ1n) is 4.45. The zero-order chi connectivity index (χ0) is 10.8. The van der Waals surface area contributed by atoms with Gasteiger partial charge in [-0.15, -0.1) is 0 Å². The Labute approximate surface area is 86.8 Å². The maximum atomic E-state index is 5.59. The summed E-state index contributed by atoms with van der Waals surface area (Å²) in [7, 11) is 1.63. The van der Waals surface area contributed by atoms with E-state index in [1.54, 1.807) is 7.11 Å². The minimum atomic E-state index is 0.291. The molecule has 0 aliphatic rings. The van der Waals surface area contributed by atoms with E-state index in [2.05, 4.69) is 14.9 Å². The number of nitrogens with two attached hydrogens (primary N) is 1. The minimum absolute atomic E-state index is 0.291. The zero-order valence-electron chi connectivity index (χ0n) is 8.52. The molecule has 0 bridgehead atoms. The largest absolute Gasteiger partial charge is 0.496 e. The molecule has 2 rings (SSSR count). The molecule has 1 heterocycles. The highest BCUT2D eigenvalue weighted by atomic mass is 16.6. The second-order valence-electron chi connectivity index (χ2n) is 3.18. The minimum Gasteiger partial charge on any atom is -0.496 e. The van der Waals surface area contributed by atoms with Gasteiger partial charge in [0.15, 0.2) is 11.5 Å². The number of nitrogen functional groups attached to an aromatic ring is 1. The van der Waals surface area contributed by atoms with Crippen molar-refractivity contribution >= 4 is 5.82 Å². The standard InChI is InChI=1S/C10H11N3O2/c1-6-5-7(3-4-8(6)14-2)9-10(11)13-15-12-9/h3-5H,1-2H3,(H2,11,13). The molecule has 15 heavy (non-hydrogen) atoms. The molecule has 2 aromatic rings. The van der Waals surface area contributed by atoms with Gasteiger partial charge in [0.1, 0.15) is 5.75 Å². The average Bonchev–Trinajstić information content (AvgIpc) is 2.64. The Hall–Kier alpha value is -2.04. The summed E-state index contributed by atoms with van der Waals surface area (Å²) in [6, 6.07) is 5.65. The number of hydrogen-bond acceptors (Lipinski definition) is 5. The summed E-state index contributed by atoms with van der Waals surface area (Å²) in [6.07, 6.45) is 0. The number of methoxy groups -OCH3 is 1. The molecular formula is C10H11N3O2. The molecule has 0 radical (unpaired) electrons. The van der Waals surface area contributed by atoms with Crippen molar-refractivity contribution in [1.29, 1.82) is 0 Å². The Morgan fingerprint density at radius 2 is 2.13 bits per heavy atom. The fourth-order valence-corrected chi connectivity index (χ4v) is 1.42. The van der Waals surface area contributed by atoms with Crippen molar-refractivity contribution in [2.24, 2.45) is 0 Å². The molecular weight excluding hydrogens is 194 g/mol. The molecule has 0 saturated carbocycles. The first-order valence-corrected chi connectivity index (χ1v) is 4.45. The fourth-order valence-electron chi connectivity index (χ4n) is 1.42. The van der Waals surface area contributed by atoms with Crippen LogP contribution >= 0.6 is 0 Å². The Morgan fingerprint density at radius 3 is 2.67 bits per heavy atom. The van der Waals surface area contributed by atoms with Crippen molar-refractivity contribution in [3.05, 3.63) is 23.8 Å². The zero-order valence-corrected chi connectivity index (χ0v) is 8.52. The van der Waals surface area contributed by atoms with Crippen LogP contribution in [-0.2, 0) is 0 Å². The van der Waals surface area contributed by atoms with E-state index >= 15 is 0 Å². The van der Waals surface area contributed by atoms with Crippen molar-refractivity contribution in [2.75, 3.05) is 12.8 Å². The molecule has 0 amide bonds. The summed E-state index contributed by atoms with van der Waals surface area (Å²) in [4.78, 5) is 0. The normalized spacial score (nSPS) is 10.3. The van der Waals surface area contributed by atoms with Crippen molar-refractivity contribution < 1.29 is 9.37 Å². The highest BCUT2D eigenvalue weighted by Gasteiger charge is 2.10. The number of rotatable bonds is 2. The van der Waals surface area contributed by atoms with Crippen LogP contribution in [-0.4, -0.2) is 17.4 Å². The van der Waals surface area contributed by atoms with E-state index in [4.69, 9.17) is 10.5 Å². The molecule has 0 aliphatic heterocycles. The number of aryl methyl sites for hydroxylation is 1. The van der Waals surface area contributed by atoms with E-state index in [1.807, 2.05) is 25.1 Å². The molecule has 5 heteroatoms. The van der Waals surface area contributed by atoms with Gasteiger partial charge >= 0.3 is 0 Å². The maximum absolute atomic E-state index is 5.59. The molecule has 0 atom stereocenters. The molecule has 0 unspecified atom stereocenters. The van der Waals surface area contributed by atoms with Gasteiger partial charge < -0.3 is 10.5 Å². The lowest BCUT2D eigenvalue weighted by atomic mass is 10.1. The average molecular weight is 205 g/mol. The second-order valence-corrected chi connectivity index (χ2v) is 3.18. The monoisotopic (exact) mass is 205 g/mol. The van der Waals surface area contributed by atoms with Crippen LogP contribution in [0.5, 0.6) is 5.75 Å². The van der Waals surface area contributed by atoms with Crippen LogP contribution in [0.1, 0.15) is 5.56 Å². The number of ether oxygens (including phenoxy) is 1. The number of hydrogen-bond donors (Lipinski definition) is 1. The lowest BCUT2D eigenvalue weighted by Crippen LogP contribution is -1.91. The summed E-state index contributed by atoms with van der Waals surface area (Å²) < 4.78 is 9.70. The van der Waals surface area contributed by atoms with Crippen molar-refractivity contribution in [1.82, 2.24) is 10.3 Å². The van der Waals surface area contributed by atoms with Crippen LogP contribution in [0.3, 0.4) is 0 Å². The summed E-state index contributed by atoms with van der Waals surface area (Å²) in [6.45, 7) is 1.95. The molecule has 0 fully saturated rings. The van der Waals surface area contributed by atoms with Gasteiger partial charge in [0.2, 0.25) is 0 Å². The highest BCUT2D eigenvalue weighted by Crippen LogP contribution is 2.27. The third-order valence-corrected chi connectivity index (χ3v) is 2.18. The maximum Gasteiger partial charge on any atom is 0.196 e. The van der Waals surface area contributed by atoms with Crippen molar-refractivity contribution in [3.8, 4) is 17.0 Å². The van der Waals surface area contributed by atoms with Gasteiger partial charge in [-0.25, -0.2) is 4.63 Å². The lowest BCUT2D eigenvalue weighted by Gasteiger charge is -2.05. The van der Waals surface area contributed by atoms with Crippen molar-refractivity contribution in [2.45, 2.75) is 6.92 Å². The van der Waals surface area contributed by atoms with E-state index in [9.17, 15) is 0 Å². The fraction of sp³-hybridized carbons (Fsp3) is 0.200. The summed E-state index contributed by atoms with van der Waals surface area (Å²) in [5, 5.41) is 7.26. The molecule has 0 saturated heterocycles. The first-order chi connectivity index (χ1) is 7.22. The van der Waals surface area contributed by atoms with Crippen LogP contribution in [0.4, 0.5) is 5.82 Å². The van der Waals surface area contributed by atoms with Crippen molar-refractivity contribution in [3.63, 3.8) is 0 Å². The molecule has 0 aliphatic carbocycles. The van der Waals surface area contributed by atoms with E-state index in [0.29, 0.717) is 11.5 Å². The third kappa shape index (κ3) is 1.63. The molecule has 1 aromatic heterocycles. The number of aromatic nitrogens is 2. The van der Waals surface area contributed by atoms with Gasteiger partial charge in [0.25, 0.3) is 0 Å². The molecule has 2 N–H and O–H groups in total. The SMILES string of the molecule is COc1ccc(-c2nonc2N)cc1C. The van der Waals surface area contributed by atoms with Gasteiger partial charge in [-0.05, 0) is 41.0 Å². The van der Waals surface area contributed by atoms with Gasteiger partial charge in [-0.3, -0.25) is 0 Å². The lowest BCUT2D eigenvalue weighted by molar-refractivity contribution is 0.310. The van der Waals surface area contributed by atoms with Crippen LogP contribution in [0, 0.1) is 6.92 Å². The highest BCUT2D eigenvalue weighted by molar-refractivity contribution is 5.70. The van der Waals surface area contributed by atoms with Gasteiger partial charge in [-0.2, -0.15) is 0 Å². The van der Waals surface area contributed by atoms with Gasteiger partial charge in [0, 0.05) is 5.56 Å². The number of anilines is 1. The van der Waals surface area contributed by atoms with Crippen LogP contribution in [0.15, 0.2) is 22.8 Å². The summed E-state index contributed by atoms with van der Waals surface area (Å²) >= 11 is 0. The molecule has 5 nitrogen and oxygen atoms in total. The summed E-state index contributed by atoms with van der Waals surface area (Å²) in [5.74, 6) is 1.12. The Balaban J connectivity index is 2.47. The van der Waals surface area contributed by atoms with E-state index in [-0.39, 0.29) is 0 Å². The second kappa shape index (κ2) is 3.61. The molecule has 1 aromatic carbocycles. The Morgan fingerprint density at radius 1 is 1.33 bits per heavy atom. The molecule has 78 valence electrons. The third-order valence-electron chi connectivity index (χ3n) is 2.18. The first kappa shape index (κ1) is 9.51. The summed E-state index contributed by atoms with van der Waals surface area (Å²) in [5.41, 5.74) is 8.03. The van der Waals surface area contributed by atoms with Gasteiger partial charge in [-0.1, -0.05) is 0 Å². The topological polar surface area (TPSA) is 74.2 Å². The predicted molar refractivity (Wildman–Crippen MR) is 55.4 cm³/mol.